The Morgan fingerprint density at radius 3 is 1.69 bits per heavy atom. The number of hydrogen-bond donors (Lipinski definition) is 0. The van der Waals surface area contributed by atoms with Crippen LogP contribution in [0.15, 0.2) is 72.8 Å². The maximum Gasteiger partial charge on any atom is 0.188 e. The van der Waals surface area contributed by atoms with Crippen LogP contribution in [0.2, 0.25) is 0 Å². The van der Waals surface area contributed by atoms with Crippen LogP contribution in [0.1, 0.15) is 31.7 Å². The summed E-state index contributed by atoms with van der Waals surface area (Å²) in [5.41, 5.74) is 6.00. The highest BCUT2D eigenvalue weighted by atomic mass is 16.7. The fraction of sp³-hybridized carbons (Fsp3) is 0.308. The van der Waals surface area contributed by atoms with E-state index in [0.29, 0.717) is 6.61 Å². The van der Waals surface area contributed by atoms with Gasteiger partial charge in [-0.1, -0.05) is 80.4 Å². The average molecular weight is 391 g/mol. The first-order valence-corrected chi connectivity index (χ1v) is 10.3. The molecule has 0 bridgehead atoms. The van der Waals surface area contributed by atoms with Crippen LogP contribution in [0.25, 0.3) is 22.3 Å². The van der Waals surface area contributed by atoms with E-state index in [1.165, 1.54) is 35.1 Å². The molecule has 0 spiro atoms. The van der Waals surface area contributed by atoms with Gasteiger partial charge in [-0.25, -0.2) is 0 Å². The van der Waals surface area contributed by atoms with Gasteiger partial charge in [-0.2, -0.15) is 0 Å². The molecule has 29 heavy (non-hydrogen) atoms. The molecule has 0 N–H and O–H groups in total. The topological polar surface area (TPSA) is 27.7 Å². The lowest BCUT2D eigenvalue weighted by molar-refractivity contribution is 0.0511. The lowest BCUT2D eigenvalue weighted by Crippen LogP contribution is -1.98. The van der Waals surface area contributed by atoms with Gasteiger partial charge >= 0.3 is 0 Å². The molecule has 0 fully saturated rings. The van der Waals surface area contributed by atoms with Crippen LogP contribution < -0.4 is 4.74 Å². The van der Waals surface area contributed by atoms with Gasteiger partial charge in [0.05, 0.1) is 6.61 Å². The van der Waals surface area contributed by atoms with Crippen molar-refractivity contribution in [2.75, 3.05) is 20.5 Å². The van der Waals surface area contributed by atoms with Gasteiger partial charge in [-0.15, -0.1) is 0 Å². The number of unbranched alkanes of at least 4 members (excludes halogenated alkanes) is 2. The number of ether oxygens (including phenoxy) is 3. The molecule has 0 radical (unpaired) electrons. The molecule has 0 saturated heterocycles. The third-order valence-electron chi connectivity index (χ3n) is 4.86. The summed E-state index contributed by atoms with van der Waals surface area (Å²) < 4.78 is 16.1. The van der Waals surface area contributed by atoms with Gasteiger partial charge in [0.1, 0.15) is 5.75 Å². The summed E-state index contributed by atoms with van der Waals surface area (Å²) in [6.45, 7) is 4.00. The summed E-state index contributed by atoms with van der Waals surface area (Å²) in [4.78, 5) is 0. The molecular weight excluding hydrogens is 360 g/mol. The van der Waals surface area contributed by atoms with Gasteiger partial charge in [0, 0.05) is 13.7 Å². The summed E-state index contributed by atoms with van der Waals surface area (Å²) in [5, 5.41) is 0. The zero-order chi connectivity index (χ0) is 20.3. The molecule has 0 aliphatic rings. The van der Waals surface area contributed by atoms with Crippen LogP contribution in [0.4, 0.5) is 0 Å². The molecule has 0 aromatic heterocycles. The minimum Gasteiger partial charge on any atom is -0.468 e. The predicted molar refractivity (Wildman–Crippen MR) is 119 cm³/mol. The maximum atomic E-state index is 5.75. The molecule has 3 nitrogen and oxygen atoms in total. The SMILES string of the molecule is CCCCCOCc1ccc(-c2ccc(-c3ccc(OCOC)cc3)cc2)cc1. The fourth-order valence-corrected chi connectivity index (χ4v) is 3.16. The molecular formula is C26H30O3. The molecule has 152 valence electrons. The Balaban J connectivity index is 1.58. The van der Waals surface area contributed by atoms with E-state index in [1.807, 2.05) is 12.1 Å². The minimum atomic E-state index is 0.262. The van der Waals surface area contributed by atoms with Crippen molar-refractivity contribution in [3.63, 3.8) is 0 Å². The van der Waals surface area contributed by atoms with E-state index < -0.39 is 0 Å². The third kappa shape index (κ3) is 6.45. The highest BCUT2D eigenvalue weighted by molar-refractivity contribution is 5.70. The van der Waals surface area contributed by atoms with Crippen LogP contribution in [0.5, 0.6) is 5.75 Å². The molecule has 0 saturated carbocycles. The number of rotatable bonds is 11. The van der Waals surface area contributed by atoms with Gasteiger partial charge < -0.3 is 14.2 Å². The van der Waals surface area contributed by atoms with E-state index in [1.54, 1.807) is 7.11 Å². The number of methoxy groups -OCH3 is 1. The van der Waals surface area contributed by atoms with Gasteiger partial charge in [0.2, 0.25) is 0 Å². The average Bonchev–Trinajstić information content (AvgIpc) is 2.78. The lowest BCUT2D eigenvalue weighted by atomic mass is 9.99. The minimum absolute atomic E-state index is 0.262. The van der Waals surface area contributed by atoms with Gasteiger partial charge in [-0.3, -0.25) is 0 Å². The molecule has 0 aliphatic heterocycles. The molecule has 3 aromatic rings. The molecule has 3 heteroatoms. The second-order valence-electron chi connectivity index (χ2n) is 7.11. The second kappa shape index (κ2) is 11.4. The summed E-state index contributed by atoms with van der Waals surface area (Å²) >= 11 is 0. The lowest BCUT2D eigenvalue weighted by Gasteiger charge is -2.08. The Morgan fingerprint density at radius 2 is 1.17 bits per heavy atom. The van der Waals surface area contributed by atoms with Crippen molar-refractivity contribution >= 4 is 0 Å². The van der Waals surface area contributed by atoms with Crippen molar-refractivity contribution in [1.29, 1.82) is 0 Å². The smallest absolute Gasteiger partial charge is 0.188 e. The maximum absolute atomic E-state index is 5.75. The van der Waals surface area contributed by atoms with E-state index in [2.05, 4.69) is 67.6 Å². The first-order chi connectivity index (χ1) is 14.3. The van der Waals surface area contributed by atoms with Crippen LogP contribution in [0.3, 0.4) is 0 Å². The quantitative estimate of drug-likeness (QED) is 0.269. The second-order valence-corrected chi connectivity index (χ2v) is 7.11. The predicted octanol–water partition coefficient (Wildman–Crippen LogP) is 6.71. The summed E-state index contributed by atoms with van der Waals surface area (Å²) in [5.74, 6) is 0.807. The zero-order valence-electron chi connectivity index (χ0n) is 17.4. The van der Waals surface area contributed by atoms with Gasteiger partial charge in [0.25, 0.3) is 0 Å². The first-order valence-electron chi connectivity index (χ1n) is 10.3. The molecule has 0 heterocycles. The summed E-state index contributed by atoms with van der Waals surface area (Å²) in [7, 11) is 1.62. The van der Waals surface area contributed by atoms with Crippen molar-refractivity contribution in [2.24, 2.45) is 0 Å². The van der Waals surface area contributed by atoms with Crippen LogP contribution in [0, 0.1) is 0 Å². The Morgan fingerprint density at radius 1 is 0.655 bits per heavy atom. The van der Waals surface area contributed by atoms with Crippen LogP contribution in [-0.4, -0.2) is 20.5 Å². The van der Waals surface area contributed by atoms with Gasteiger partial charge in [0.15, 0.2) is 6.79 Å². The van der Waals surface area contributed by atoms with E-state index >= 15 is 0 Å². The molecule has 0 aliphatic carbocycles. The highest BCUT2D eigenvalue weighted by Gasteiger charge is 2.02. The van der Waals surface area contributed by atoms with Crippen LogP contribution in [-0.2, 0) is 16.1 Å². The van der Waals surface area contributed by atoms with E-state index in [-0.39, 0.29) is 6.79 Å². The Bertz CT molecular complexity index is 837. The molecule has 0 atom stereocenters. The van der Waals surface area contributed by atoms with E-state index in [9.17, 15) is 0 Å². The Labute approximate surface area is 174 Å². The summed E-state index contributed by atoms with van der Waals surface area (Å²) in [6, 6.07) is 25.4. The van der Waals surface area contributed by atoms with Crippen molar-refractivity contribution in [1.82, 2.24) is 0 Å². The van der Waals surface area contributed by atoms with E-state index in [0.717, 1.165) is 24.3 Å². The molecule has 3 rings (SSSR count). The molecule has 0 unspecified atom stereocenters. The number of hydrogen-bond acceptors (Lipinski definition) is 3. The van der Waals surface area contributed by atoms with Gasteiger partial charge in [-0.05, 0) is 46.4 Å². The standard InChI is InChI=1S/C26H30O3/c1-3-4-5-18-28-19-21-6-8-22(9-7-21)23-10-12-24(13-11-23)25-14-16-26(17-15-25)29-20-27-2/h6-17H,3-5,18-20H2,1-2H3. The van der Waals surface area contributed by atoms with Crippen molar-refractivity contribution < 1.29 is 14.2 Å². The zero-order valence-corrected chi connectivity index (χ0v) is 17.4. The number of benzene rings is 3. The molecule has 3 aromatic carbocycles. The van der Waals surface area contributed by atoms with Crippen molar-refractivity contribution in [2.45, 2.75) is 32.8 Å². The fourth-order valence-electron chi connectivity index (χ4n) is 3.16. The summed E-state index contributed by atoms with van der Waals surface area (Å²) in [6.07, 6.45) is 3.61. The van der Waals surface area contributed by atoms with Crippen molar-refractivity contribution in [3.05, 3.63) is 78.4 Å². The monoisotopic (exact) mass is 390 g/mol. The first kappa shape index (κ1) is 21.1. The molecule has 0 amide bonds. The third-order valence-corrected chi connectivity index (χ3v) is 4.86. The van der Waals surface area contributed by atoms with Crippen LogP contribution >= 0.6 is 0 Å². The Kier molecular flexibility index (Phi) is 8.29. The highest BCUT2D eigenvalue weighted by Crippen LogP contribution is 2.26. The normalized spacial score (nSPS) is 10.8. The van der Waals surface area contributed by atoms with Crippen molar-refractivity contribution in [3.8, 4) is 28.0 Å². The largest absolute Gasteiger partial charge is 0.468 e. The van der Waals surface area contributed by atoms with E-state index in [4.69, 9.17) is 14.2 Å². The Hall–Kier alpha value is -2.62.